The van der Waals surface area contributed by atoms with Crippen molar-refractivity contribution in [1.82, 2.24) is 0 Å². The molecule has 0 bridgehead atoms. The smallest absolute Gasteiger partial charge is 0.248 e. The number of ether oxygens (including phenoxy) is 2. The van der Waals surface area contributed by atoms with Gasteiger partial charge in [0.2, 0.25) is 5.91 Å². The van der Waals surface area contributed by atoms with Gasteiger partial charge in [0.15, 0.2) is 6.29 Å². The Bertz CT molecular complexity index is 422. The number of carbonyl (C=O) groups excluding carboxylic acids is 1. The van der Waals surface area contributed by atoms with E-state index in [1.807, 2.05) is 12.1 Å². The minimum atomic E-state index is -0.419. The van der Waals surface area contributed by atoms with Gasteiger partial charge in [-0.15, -0.1) is 0 Å². The summed E-state index contributed by atoms with van der Waals surface area (Å²) >= 11 is 0. The van der Waals surface area contributed by atoms with Crippen LogP contribution in [0.1, 0.15) is 54.8 Å². The lowest BCUT2D eigenvalue weighted by Gasteiger charge is -2.29. The van der Waals surface area contributed by atoms with Crippen LogP contribution < -0.4 is 5.73 Å². The second kappa shape index (κ2) is 7.41. The van der Waals surface area contributed by atoms with E-state index >= 15 is 0 Å². The van der Waals surface area contributed by atoms with Crippen molar-refractivity contribution in [2.75, 3.05) is 13.2 Å². The lowest BCUT2D eigenvalue weighted by Crippen LogP contribution is -2.27. The summed E-state index contributed by atoms with van der Waals surface area (Å²) in [4.78, 5) is 11.0. The Kier molecular flexibility index (Phi) is 5.56. The van der Waals surface area contributed by atoms with Crippen LogP contribution in [0.4, 0.5) is 0 Å². The van der Waals surface area contributed by atoms with E-state index in [0.29, 0.717) is 11.5 Å². The number of benzene rings is 1. The predicted molar refractivity (Wildman–Crippen MR) is 77.2 cm³/mol. The number of carbonyl (C=O) groups is 1. The van der Waals surface area contributed by atoms with Crippen molar-refractivity contribution >= 4 is 5.91 Å². The minimum absolute atomic E-state index is 0.320. The zero-order valence-electron chi connectivity index (χ0n) is 12.0. The maximum Gasteiger partial charge on any atom is 0.248 e. The van der Waals surface area contributed by atoms with E-state index in [2.05, 4.69) is 6.92 Å². The molecule has 1 saturated heterocycles. The van der Waals surface area contributed by atoms with Crippen LogP contribution in [0.3, 0.4) is 0 Å². The molecule has 0 spiro atoms. The standard InChI is InChI=1S/C16H23NO3/c1-2-3-4-5-12-10-19-16(20-11-12)14-8-6-13(7-9-14)15(17)18/h6-9,12,16H,2-5,10-11H2,1H3,(H2,17,18). The fourth-order valence-corrected chi connectivity index (χ4v) is 2.39. The third-order valence-corrected chi connectivity index (χ3v) is 3.65. The first-order valence-electron chi connectivity index (χ1n) is 7.33. The van der Waals surface area contributed by atoms with Gasteiger partial charge >= 0.3 is 0 Å². The van der Waals surface area contributed by atoms with E-state index in [4.69, 9.17) is 15.2 Å². The molecule has 1 aliphatic heterocycles. The van der Waals surface area contributed by atoms with Crippen molar-refractivity contribution in [3.8, 4) is 0 Å². The molecular weight excluding hydrogens is 254 g/mol. The molecule has 110 valence electrons. The highest BCUT2D eigenvalue weighted by Gasteiger charge is 2.23. The summed E-state index contributed by atoms with van der Waals surface area (Å²) in [5.74, 6) is 0.0840. The zero-order chi connectivity index (χ0) is 14.4. The van der Waals surface area contributed by atoms with Gasteiger partial charge in [0, 0.05) is 17.0 Å². The van der Waals surface area contributed by atoms with Gasteiger partial charge in [0.05, 0.1) is 13.2 Å². The Hall–Kier alpha value is -1.39. The van der Waals surface area contributed by atoms with Crippen molar-refractivity contribution in [2.45, 2.75) is 38.9 Å². The maximum absolute atomic E-state index is 11.0. The number of rotatable bonds is 6. The van der Waals surface area contributed by atoms with E-state index < -0.39 is 5.91 Å². The fourth-order valence-electron chi connectivity index (χ4n) is 2.39. The fraction of sp³-hybridized carbons (Fsp3) is 0.562. The van der Waals surface area contributed by atoms with Crippen molar-refractivity contribution in [3.63, 3.8) is 0 Å². The Morgan fingerprint density at radius 3 is 2.40 bits per heavy atom. The van der Waals surface area contributed by atoms with Crippen LogP contribution in [0, 0.1) is 5.92 Å². The molecule has 1 fully saturated rings. The third-order valence-electron chi connectivity index (χ3n) is 3.65. The number of hydrogen-bond donors (Lipinski definition) is 1. The van der Waals surface area contributed by atoms with Crippen LogP contribution in [-0.4, -0.2) is 19.1 Å². The van der Waals surface area contributed by atoms with Crippen molar-refractivity contribution < 1.29 is 14.3 Å². The van der Waals surface area contributed by atoms with Gasteiger partial charge in [0.1, 0.15) is 0 Å². The molecule has 1 aliphatic rings. The summed E-state index contributed by atoms with van der Waals surface area (Å²) in [6, 6.07) is 7.08. The number of unbranched alkanes of at least 4 members (excludes halogenated alkanes) is 2. The molecule has 0 aliphatic carbocycles. The minimum Gasteiger partial charge on any atom is -0.366 e. The molecule has 1 heterocycles. The number of hydrogen-bond acceptors (Lipinski definition) is 3. The van der Waals surface area contributed by atoms with Gasteiger partial charge in [-0.05, 0) is 18.6 Å². The number of primary amides is 1. The van der Waals surface area contributed by atoms with Crippen LogP contribution in [-0.2, 0) is 9.47 Å². The molecule has 0 atom stereocenters. The molecule has 1 aromatic rings. The topological polar surface area (TPSA) is 61.5 Å². The summed E-state index contributed by atoms with van der Waals surface area (Å²) in [6.45, 7) is 3.69. The van der Waals surface area contributed by atoms with Crippen molar-refractivity contribution in [3.05, 3.63) is 35.4 Å². The first kappa shape index (κ1) is 15.0. The molecule has 4 nitrogen and oxygen atoms in total. The van der Waals surface area contributed by atoms with Crippen LogP contribution in [0.25, 0.3) is 0 Å². The van der Waals surface area contributed by atoms with Crippen molar-refractivity contribution in [1.29, 1.82) is 0 Å². The maximum atomic E-state index is 11.0. The number of amides is 1. The summed E-state index contributed by atoms with van der Waals surface area (Å²) in [5.41, 5.74) is 6.65. The predicted octanol–water partition coefficient (Wildman–Crippen LogP) is 3.03. The van der Waals surface area contributed by atoms with E-state index in [1.54, 1.807) is 12.1 Å². The second-order valence-electron chi connectivity index (χ2n) is 5.35. The average molecular weight is 277 g/mol. The van der Waals surface area contributed by atoms with Crippen LogP contribution in [0.2, 0.25) is 0 Å². The molecule has 0 aromatic heterocycles. The van der Waals surface area contributed by atoms with Gasteiger partial charge < -0.3 is 15.2 Å². The Labute approximate surface area is 120 Å². The first-order valence-corrected chi connectivity index (χ1v) is 7.33. The van der Waals surface area contributed by atoms with E-state index in [-0.39, 0.29) is 6.29 Å². The van der Waals surface area contributed by atoms with E-state index in [9.17, 15) is 4.79 Å². The van der Waals surface area contributed by atoms with Gasteiger partial charge in [-0.3, -0.25) is 4.79 Å². The lowest BCUT2D eigenvalue weighted by atomic mass is 10.0. The third kappa shape index (κ3) is 4.05. The molecular formula is C16H23NO3. The van der Waals surface area contributed by atoms with Crippen molar-refractivity contribution in [2.24, 2.45) is 11.7 Å². The Balaban J connectivity index is 1.82. The quantitative estimate of drug-likeness (QED) is 0.813. The molecule has 0 unspecified atom stereocenters. The van der Waals surface area contributed by atoms with Gasteiger partial charge in [-0.2, -0.15) is 0 Å². The van der Waals surface area contributed by atoms with Crippen LogP contribution in [0.5, 0.6) is 0 Å². The van der Waals surface area contributed by atoms with Crippen LogP contribution >= 0.6 is 0 Å². The molecule has 4 heteroatoms. The summed E-state index contributed by atoms with van der Waals surface area (Å²) in [6.07, 6.45) is 4.60. The Morgan fingerprint density at radius 2 is 1.85 bits per heavy atom. The molecule has 1 aromatic carbocycles. The summed E-state index contributed by atoms with van der Waals surface area (Å²) in [5, 5.41) is 0. The second-order valence-corrected chi connectivity index (χ2v) is 5.35. The summed E-state index contributed by atoms with van der Waals surface area (Å²) in [7, 11) is 0. The molecule has 1 amide bonds. The first-order chi connectivity index (χ1) is 9.70. The highest BCUT2D eigenvalue weighted by Crippen LogP contribution is 2.27. The molecule has 2 N–H and O–H groups in total. The monoisotopic (exact) mass is 277 g/mol. The molecule has 0 radical (unpaired) electrons. The molecule has 2 rings (SSSR count). The largest absolute Gasteiger partial charge is 0.366 e. The normalized spacial score (nSPS) is 22.6. The van der Waals surface area contributed by atoms with Gasteiger partial charge in [0.25, 0.3) is 0 Å². The highest BCUT2D eigenvalue weighted by molar-refractivity contribution is 5.92. The van der Waals surface area contributed by atoms with E-state index in [0.717, 1.165) is 18.8 Å². The SMILES string of the molecule is CCCCCC1COC(c2ccc(C(N)=O)cc2)OC1. The average Bonchev–Trinajstić information content (AvgIpc) is 2.48. The molecule has 0 saturated carbocycles. The zero-order valence-corrected chi connectivity index (χ0v) is 12.0. The van der Waals surface area contributed by atoms with Crippen LogP contribution in [0.15, 0.2) is 24.3 Å². The lowest BCUT2D eigenvalue weighted by molar-refractivity contribution is -0.206. The van der Waals surface area contributed by atoms with Gasteiger partial charge in [-0.25, -0.2) is 0 Å². The van der Waals surface area contributed by atoms with Gasteiger partial charge in [-0.1, -0.05) is 38.3 Å². The summed E-state index contributed by atoms with van der Waals surface area (Å²) < 4.78 is 11.5. The highest BCUT2D eigenvalue weighted by atomic mass is 16.7. The van der Waals surface area contributed by atoms with E-state index in [1.165, 1.54) is 25.7 Å². The number of nitrogens with two attached hydrogens (primary N) is 1. The Morgan fingerprint density at radius 1 is 1.20 bits per heavy atom. The molecule has 20 heavy (non-hydrogen) atoms.